The number of anilines is 1. The molecule has 1 radical (unpaired) electrons. The van der Waals surface area contributed by atoms with Crippen LogP contribution in [0.25, 0.3) is 0 Å². The highest BCUT2D eigenvalue weighted by Gasteiger charge is 2.03. The van der Waals surface area contributed by atoms with Crippen LogP contribution in [0.15, 0.2) is 29.2 Å². The lowest BCUT2D eigenvalue weighted by molar-refractivity contribution is 0.744. The van der Waals surface area contributed by atoms with Crippen molar-refractivity contribution in [1.29, 1.82) is 0 Å². The molecule has 2 heteroatoms. The van der Waals surface area contributed by atoms with Crippen LogP contribution in [0.3, 0.4) is 0 Å². The van der Waals surface area contributed by atoms with Gasteiger partial charge in [0.05, 0.1) is 0 Å². The summed E-state index contributed by atoms with van der Waals surface area (Å²) in [5.74, 6) is 0. The summed E-state index contributed by atoms with van der Waals surface area (Å²) in [4.78, 5) is 3.33. The number of hydrogen-bond donors (Lipinski definition) is 0. The minimum absolute atomic E-state index is 0.930. The molecule has 1 aromatic rings. The quantitative estimate of drug-likeness (QED) is 0.710. The molecule has 1 aromatic carbocycles. The van der Waals surface area contributed by atoms with Crippen LogP contribution in [0, 0.1) is 0 Å². The summed E-state index contributed by atoms with van der Waals surface area (Å²) in [7, 11) is 0. The van der Waals surface area contributed by atoms with Gasteiger partial charge in [0.1, 0.15) is 0 Å². The van der Waals surface area contributed by atoms with E-state index in [9.17, 15) is 0 Å². The summed E-state index contributed by atoms with van der Waals surface area (Å²) in [5.41, 5.74) is 1.27. The van der Waals surface area contributed by atoms with E-state index in [0.717, 1.165) is 18.0 Å². The second kappa shape index (κ2) is 5.86. The van der Waals surface area contributed by atoms with Gasteiger partial charge >= 0.3 is 0 Å². The largest absolute Gasteiger partial charge is 0.372 e. The zero-order chi connectivity index (χ0) is 10.4. The van der Waals surface area contributed by atoms with Gasteiger partial charge in [-0.1, -0.05) is 32.5 Å². The molecule has 0 aliphatic heterocycles. The van der Waals surface area contributed by atoms with Crippen molar-refractivity contribution in [3.63, 3.8) is 0 Å². The van der Waals surface area contributed by atoms with Crippen molar-refractivity contribution in [2.75, 3.05) is 18.0 Å². The van der Waals surface area contributed by atoms with Gasteiger partial charge in [0.2, 0.25) is 0 Å². The highest BCUT2D eigenvalue weighted by molar-refractivity contribution is 7.80. The van der Waals surface area contributed by atoms with Crippen LogP contribution in [0.4, 0.5) is 5.69 Å². The first-order chi connectivity index (χ1) is 6.77. The first kappa shape index (κ1) is 11.3. The maximum Gasteiger partial charge on any atom is 0.0397 e. The zero-order valence-corrected chi connectivity index (χ0v) is 9.81. The van der Waals surface area contributed by atoms with Crippen LogP contribution in [0.1, 0.15) is 26.7 Å². The van der Waals surface area contributed by atoms with E-state index >= 15 is 0 Å². The van der Waals surface area contributed by atoms with Crippen molar-refractivity contribution >= 4 is 18.3 Å². The summed E-state index contributed by atoms with van der Waals surface area (Å²) < 4.78 is 0. The van der Waals surface area contributed by atoms with Crippen LogP contribution in [-0.4, -0.2) is 13.1 Å². The Morgan fingerprint density at radius 3 is 2.29 bits per heavy atom. The lowest BCUT2D eigenvalue weighted by atomic mass is 10.2. The van der Waals surface area contributed by atoms with E-state index in [4.69, 9.17) is 12.6 Å². The van der Waals surface area contributed by atoms with Gasteiger partial charge in [-0.05, 0) is 31.0 Å². The van der Waals surface area contributed by atoms with E-state index in [2.05, 4.69) is 30.9 Å². The van der Waals surface area contributed by atoms with Crippen molar-refractivity contribution in [3.8, 4) is 0 Å². The van der Waals surface area contributed by atoms with Crippen molar-refractivity contribution < 1.29 is 0 Å². The van der Waals surface area contributed by atoms with Crippen LogP contribution in [-0.2, 0) is 0 Å². The molecule has 0 heterocycles. The van der Waals surface area contributed by atoms with Crippen molar-refractivity contribution in [1.82, 2.24) is 0 Å². The Bertz CT molecular complexity index is 267. The Hall–Kier alpha value is -0.760. The van der Waals surface area contributed by atoms with E-state index in [-0.39, 0.29) is 0 Å². The molecule has 0 amide bonds. The molecule has 14 heavy (non-hydrogen) atoms. The molecule has 77 valence electrons. The highest BCUT2D eigenvalue weighted by atomic mass is 32.1. The molecular formula is C12H18NS. The number of rotatable bonds is 5. The first-order valence-electron chi connectivity index (χ1n) is 5.30. The van der Waals surface area contributed by atoms with Gasteiger partial charge in [-0.3, -0.25) is 0 Å². The molecule has 0 saturated carbocycles. The van der Waals surface area contributed by atoms with E-state index in [1.54, 1.807) is 0 Å². The molecule has 0 aliphatic carbocycles. The van der Waals surface area contributed by atoms with Gasteiger partial charge in [-0.15, -0.1) is 0 Å². The average Bonchev–Trinajstić information content (AvgIpc) is 2.17. The van der Waals surface area contributed by atoms with Gasteiger partial charge in [0.25, 0.3) is 0 Å². The maximum atomic E-state index is 5.16. The molecule has 0 N–H and O–H groups in total. The van der Waals surface area contributed by atoms with Crippen molar-refractivity contribution in [2.45, 2.75) is 31.6 Å². The van der Waals surface area contributed by atoms with Crippen molar-refractivity contribution in [2.24, 2.45) is 0 Å². The minimum Gasteiger partial charge on any atom is -0.372 e. The van der Waals surface area contributed by atoms with E-state index in [1.165, 1.54) is 18.5 Å². The molecular weight excluding hydrogens is 190 g/mol. The molecule has 0 unspecified atom stereocenters. The van der Waals surface area contributed by atoms with Crippen LogP contribution >= 0.6 is 12.6 Å². The number of nitrogens with zero attached hydrogens (tertiary/aromatic N) is 1. The highest BCUT2D eigenvalue weighted by Crippen LogP contribution is 2.18. The summed E-state index contributed by atoms with van der Waals surface area (Å²) in [6, 6.07) is 8.23. The number of hydrogen-bond acceptors (Lipinski definition) is 1. The molecule has 0 aromatic heterocycles. The zero-order valence-electron chi connectivity index (χ0n) is 8.99. The summed E-state index contributed by atoms with van der Waals surface area (Å²) in [6.07, 6.45) is 2.36. The van der Waals surface area contributed by atoms with E-state index in [0.29, 0.717) is 0 Å². The fourth-order valence-electron chi connectivity index (χ4n) is 1.59. The Balaban J connectivity index is 2.75. The van der Waals surface area contributed by atoms with Gasteiger partial charge in [-0.25, -0.2) is 0 Å². The van der Waals surface area contributed by atoms with E-state index in [1.807, 2.05) is 12.1 Å². The van der Waals surface area contributed by atoms with Gasteiger partial charge in [0, 0.05) is 23.7 Å². The monoisotopic (exact) mass is 208 g/mol. The standard InChI is InChI=1S/C12H18NS/c1-3-8-13(9-4-2)11-6-5-7-12(14)10-11/h5-7,10H,3-4,8-9H2,1-2H3. The molecule has 1 rings (SSSR count). The average molecular weight is 208 g/mol. The van der Waals surface area contributed by atoms with Gasteiger partial charge < -0.3 is 4.90 Å². The van der Waals surface area contributed by atoms with Crippen molar-refractivity contribution in [3.05, 3.63) is 24.3 Å². The first-order valence-corrected chi connectivity index (χ1v) is 5.70. The maximum absolute atomic E-state index is 5.16. The van der Waals surface area contributed by atoms with E-state index < -0.39 is 0 Å². The Labute approximate surface area is 92.5 Å². The molecule has 0 fully saturated rings. The normalized spacial score (nSPS) is 10.1. The van der Waals surface area contributed by atoms with Gasteiger partial charge in [0.15, 0.2) is 0 Å². The smallest absolute Gasteiger partial charge is 0.0397 e. The fourth-order valence-corrected chi connectivity index (χ4v) is 1.79. The predicted octanol–water partition coefficient (Wildman–Crippen LogP) is 3.87. The molecule has 0 saturated heterocycles. The molecule has 0 bridgehead atoms. The Kier molecular flexibility index (Phi) is 4.74. The third kappa shape index (κ3) is 3.18. The van der Waals surface area contributed by atoms with Gasteiger partial charge in [-0.2, -0.15) is 0 Å². The molecule has 0 aliphatic rings. The SMILES string of the molecule is CCCN(CCC)c1cccc([S])c1. The molecule has 0 atom stereocenters. The predicted molar refractivity (Wildman–Crippen MR) is 65.1 cm³/mol. The van der Waals surface area contributed by atoms with Crippen LogP contribution in [0.5, 0.6) is 0 Å². The summed E-state index contributed by atoms with van der Waals surface area (Å²) >= 11 is 5.16. The summed E-state index contributed by atoms with van der Waals surface area (Å²) in [5, 5.41) is 0. The Morgan fingerprint density at radius 2 is 1.79 bits per heavy atom. The molecule has 1 nitrogen and oxygen atoms in total. The topological polar surface area (TPSA) is 3.24 Å². The molecule has 0 spiro atoms. The number of benzene rings is 1. The minimum atomic E-state index is 0.930. The summed E-state index contributed by atoms with van der Waals surface area (Å²) in [6.45, 7) is 6.65. The third-order valence-corrected chi connectivity index (χ3v) is 2.42. The fraction of sp³-hybridized carbons (Fsp3) is 0.500. The van der Waals surface area contributed by atoms with Crippen LogP contribution in [0.2, 0.25) is 0 Å². The Morgan fingerprint density at radius 1 is 1.14 bits per heavy atom. The lowest BCUT2D eigenvalue weighted by Crippen LogP contribution is -2.24. The van der Waals surface area contributed by atoms with Crippen LogP contribution < -0.4 is 4.90 Å². The lowest BCUT2D eigenvalue weighted by Gasteiger charge is -2.23. The second-order valence-corrected chi connectivity index (χ2v) is 3.96. The second-order valence-electron chi connectivity index (χ2n) is 3.48. The third-order valence-electron chi connectivity index (χ3n) is 2.17.